The zero-order valence-corrected chi connectivity index (χ0v) is 12.1. The molecule has 20 heavy (non-hydrogen) atoms. The standard InChI is InChI=1S/C19H19N/c1-14-8-9-17(12-15(14)2)18-10-11-19(20-13-18)16-6-4-3-5-7-16/h4,6-13H,3,5H2,1-2H3. The number of aryl methyl sites for hydroxylation is 2. The first-order valence-corrected chi connectivity index (χ1v) is 7.15. The highest BCUT2D eigenvalue weighted by Crippen LogP contribution is 2.24. The lowest BCUT2D eigenvalue weighted by molar-refractivity contribution is 1.04. The molecule has 0 saturated heterocycles. The Balaban J connectivity index is 1.91. The van der Waals surface area contributed by atoms with Crippen LogP contribution in [0.1, 0.15) is 29.7 Å². The summed E-state index contributed by atoms with van der Waals surface area (Å²) in [5, 5.41) is 0. The average molecular weight is 261 g/mol. The van der Waals surface area contributed by atoms with E-state index in [-0.39, 0.29) is 0 Å². The summed E-state index contributed by atoms with van der Waals surface area (Å²) in [6.07, 6.45) is 10.9. The second-order valence-electron chi connectivity index (χ2n) is 5.37. The lowest BCUT2D eigenvalue weighted by atomic mass is 10.00. The summed E-state index contributed by atoms with van der Waals surface area (Å²) in [6.45, 7) is 4.29. The molecule has 1 aliphatic carbocycles. The first-order valence-electron chi connectivity index (χ1n) is 7.15. The molecule has 1 nitrogen and oxygen atoms in total. The third kappa shape index (κ3) is 2.57. The number of pyridine rings is 1. The lowest BCUT2D eigenvalue weighted by Gasteiger charge is -2.08. The molecular formula is C19H19N. The van der Waals surface area contributed by atoms with E-state index in [1.807, 2.05) is 6.20 Å². The van der Waals surface area contributed by atoms with Gasteiger partial charge in [-0.2, -0.15) is 0 Å². The lowest BCUT2D eigenvalue weighted by Crippen LogP contribution is -1.91. The van der Waals surface area contributed by atoms with Gasteiger partial charge in [0.2, 0.25) is 0 Å². The third-order valence-corrected chi connectivity index (χ3v) is 3.89. The van der Waals surface area contributed by atoms with Gasteiger partial charge < -0.3 is 0 Å². The molecular weight excluding hydrogens is 242 g/mol. The van der Waals surface area contributed by atoms with Crippen LogP contribution in [0.15, 0.2) is 54.8 Å². The molecule has 0 amide bonds. The second-order valence-corrected chi connectivity index (χ2v) is 5.37. The second kappa shape index (κ2) is 5.46. The highest BCUT2D eigenvalue weighted by molar-refractivity contribution is 5.74. The van der Waals surface area contributed by atoms with Crippen LogP contribution < -0.4 is 0 Å². The number of aromatic nitrogens is 1. The molecule has 1 heteroatoms. The summed E-state index contributed by atoms with van der Waals surface area (Å²) in [4.78, 5) is 4.61. The molecule has 0 atom stereocenters. The van der Waals surface area contributed by atoms with Gasteiger partial charge in [0.15, 0.2) is 0 Å². The van der Waals surface area contributed by atoms with Crippen molar-refractivity contribution in [1.82, 2.24) is 4.98 Å². The largest absolute Gasteiger partial charge is 0.256 e. The van der Waals surface area contributed by atoms with Crippen molar-refractivity contribution in [3.05, 3.63) is 71.6 Å². The van der Waals surface area contributed by atoms with Gasteiger partial charge in [0.1, 0.15) is 0 Å². The fourth-order valence-electron chi connectivity index (χ4n) is 2.46. The van der Waals surface area contributed by atoms with Crippen LogP contribution in [0.4, 0.5) is 0 Å². The Hall–Kier alpha value is -2.15. The average Bonchev–Trinajstić information content (AvgIpc) is 2.51. The smallest absolute Gasteiger partial charge is 0.0699 e. The molecule has 100 valence electrons. The molecule has 3 rings (SSSR count). The van der Waals surface area contributed by atoms with Crippen molar-refractivity contribution in [3.8, 4) is 11.1 Å². The number of rotatable bonds is 2. The van der Waals surface area contributed by atoms with E-state index in [4.69, 9.17) is 0 Å². The minimum atomic E-state index is 1.06. The highest BCUT2D eigenvalue weighted by atomic mass is 14.7. The highest BCUT2D eigenvalue weighted by Gasteiger charge is 2.04. The molecule has 0 aliphatic heterocycles. The van der Waals surface area contributed by atoms with Crippen LogP contribution in [0.25, 0.3) is 16.7 Å². The number of hydrogen-bond donors (Lipinski definition) is 0. The minimum Gasteiger partial charge on any atom is -0.256 e. The van der Waals surface area contributed by atoms with Gasteiger partial charge in [-0.05, 0) is 55.0 Å². The molecule has 2 aromatic rings. The van der Waals surface area contributed by atoms with E-state index in [2.05, 4.69) is 67.4 Å². The molecule has 0 N–H and O–H groups in total. The van der Waals surface area contributed by atoms with Gasteiger partial charge in [0.25, 0.3) is 0 Å². The number of hydrogen-bond acceptors (Lipinski definition) is 1. The van der Waals surface area contributed by atoms with E-state index >= 15 is 0 Å². The van der Waals surface area contributed by atoms with E-state index in [1.165, 1.54) is 27.8 Å². The predicted molar refractivity (Wildman–Crippen MR) is 85.5 cm³/mol. The van der Waals surface area contributed by atoms with Crippen LogP contribution >= 0.6 is 0 Å². The Morgan fingerprint density at radius 2 is 1.75 bits per heavy atom. The number of benzene rings is 1. The van der Waals surface area contributed by atoms with Crippen molar-refractivity contribution in [1.29, 1.82) is 0 Å². The van der Waals surface area contributed by atoms with Crippen molar-refractivity contribution in [2.45, 2.75) is 26.7 Å². The fourth-order valence-corrected chi connectivity index (χ4v) is 2.46. The number of allylic oxidation sites excluding steroid dienone is 4. The van der Waals surface area contributed by atoms with E-state index in [1.54, 1.807) is 0 Å². The fraction of sp³-hybridized carbons (Fsp3) is 0.211. The van der Waals surface area contributed by atoms with Gasteiger partial charge >= 0.3 is 0 Å². The maximum Gasteiger partial charge on any atom is 0.0699 e. The molecule has 1 aromatic carbocycles. The van der Waals surface area contributed by atoms with Gasteiger partial charge in [-0.3, -0.25) is 4.98 Å². The van der Waals surface area contributed by atoms with Crippen LogP contribution in [-0.2, 0) is 0 Å². The molecule has 0 saturated carbocycles. The van der Waals surface area contributed by atoms with Crippen LogP contribution in [0.5, 0.6) is 0 Å². The summed E-state index contributed by atoms with van der Waals surface area (Å²) in [5.74, 6) is 0. The zero-order valence-electron chi connectivity index (χ0n) is 12.1. The Labute approximate surface area is 120 Å². The maximum atomic E-state index is 4.61. The van der Waals surface area contributed by atoms with E-state index in [9.17, 15) is 0 Å². The van der Waals surface area contributed by atoms with Crippen molar-refractivity contribution in [2.24, 2.45) is 0 Å². The summed E-state index contributed by atoms with van der Waals surface area (Å²) in [5.41, 5.74) is 7.37. The topological polar surface area (TPSA) is 12.9 Å². The predicted octanol–water partition coefficient (Wildman–Crippen LogP) is 5.10. The summed E-state index contributed by atoms with van der Waals surface area (Å²) < 4.78 is 0. The zero-order chi connectivity index (χ0) is 13.9. The van der Waals surface area contributed by atoms with Crippen LogP contribution in [0, 0.1) is 13.8 Å². The van der Waals surface area contributed by atoms with Gasteiger partial charge in [0, 0.05) is 11.8 Å². The molecule has 0 spiro atoms. The Morgan fingerprint density at radius 3 is 2.40 bits per heavy atom. The van der Waals surface area contributed by atoms with E-state index in [0.717, 1.165) is 18.5 Å². The monoisotopic (exact) mass is 261 g/mol. The van der Waals surface area contributed by atoms with Crippen LogP contribution in [0.3, 0.4) is 0 Å². The van der Waals surface area contributed by atoms with Crippen LogP contribution in [0.2, 0.25) is 0 Å². The van der Waals surface area contributed by atoms with Gasteiger partial charge in [-0.1, -0.05) is 42.5 Å². The first-order chi connectivity index (χ1) is 9.74. The molecule has 1 aliphatic rings. The Kier molecular flexibility index (Phi) is 3.51. The maximum absolute atomic E-state index is 4.61. The molecule has 1 heterocycles. The van der Waals surface area contributed by atoms with Gasteiger partial charge in [-0.15, -0.1) is 0 Å². The van der Waals surface area contributed by atoms with Crippen molar-refractivity contribution >= 4 is 5.57 Å². The van der Waals surface area contributed by atoms with E-state index < -0.39 is 0 Å². The van der Waals surface area contributed by atoms with Crippen LogP contribution in [-0.4, -0.2) is 4.98 Å². The minimum absolute atomic E-state index is 1.06. The van der Waals surface area contributed by atoms with Crippen molar-refractivity contribution < 1.29 is 0 Å². The van der Waals surface area contributed by atoms with Gasteiger partial charge in [-0.25, -0.2) is 0 Å². The summed E-state index contributed by atoms with van der Waals surface area (Å²) in [7, 11) is 0. The molecule has 0 radical (unpaired) electrons. The Bertz CT molecular complexity index is 675. The molecule has 0 unspecified atom stereocenters. The van der Waals surface area contributed by atoms with Gasteiger partial charge in [0.05, 0.1) is 5.69 Å². The van der Waals surface area contributed by atoms with E-state index in [0.29, 0.717) is 0 Å². The SMILES string of the molecule is Cc1ccc(-c2ccc(C3=CCCC=C3)nc2)cc1C. The van der Waals surface area contributed by atoms with Crippen molar-refractivity contribution in [3.63, 3.8) is 0 Å². The number of nitrogens with zero attached hydrogens (tertiary/aromatic N) is 1. The Morgan fingerprint density at radius 1 is 0.900 bits per heavy atom. The third-order valence-electron chi connectivity index (χ3n) is 3.89. The normalized spacial score (nSPS) is 14.2. The molecule has 1 aromatic heterocycles. The molecule has 0 bridgehead atoms. The molecule has 0 fully saturated rings. The van der Waals surface area contributed by atoms with Crippen molar-refractivity contribution in [2.75, 3.05) is 0 Å². The summed E-state index contributed by atoms with van der Waals surface area (Å²) in [6, 6.07) is 10.8. The first kappa shape index (κ1) is 12.9. The summed E-state index contributed by atoms with van der Waals surface area (Å²) >= 11 is 0. The quantitative estimate of drug-likeness (QED) is 0.733.